The lowest BCUT2D eigenvalue weighted by Gasteiger charge is -2.34. The zero-order valence-electron chi connectivity index (χ0n) is 11.4. The van der Waals surface area contributed by atoms with Crippen LogP contribution in [0, 0.1) is 12.3 Å². The Hall–Kier alpha value is -0.930. The van der Waals surface area contributed by atoms with E-state index in [9.17, 15) is 5.11 Å². The Morgan fingerprint density at radius 2 is 2.00 bits per heavy atom. The van der Waals surface area contributed by atoms with Crippen LogP contribution >= 0.6 is 0 Å². The van der Waals surface area contributed by atoms with E-state index in [2.05, 4.69) is 25.8 Å². The number of aryl methyl sites for hydroxylation is 1. The van der Waals surface area contributed by atoms with E-state index in [1.165, 1.54) is 0 Å². The second kappa shape index (κ2) is 5.61. The van der Waals surface area contributed by atoms with E-state index in [4.69, 9.17) is 4.74 Å². The molecule has 2 unspecified atom stereocenters. The molecule has 1 aromatic rings. The highest BCUT2D eigenvalue weighted by Crippen LogP contribution is 2.32. The summed E-state index contributed by atoms with van der Waals surface area (Å²) in [7, 11) is 0. The van der Waals surface area contributed by atoms with Crippen molar-refractivity contribution in [3.05, 3.63) is 29.6 Å². The number of rotatable bonds is 4. The lowest BCUT2D eigenvalue weighted by atomic mass is 9.83. The molecule has 17 heavy (non-hydrogen) atoms. The molecular formula is C14H23NO2. The zero-order chi connectivity index (χ0) is 13.1. The molecule has 0 radical (unpaired) electrons. The van der Waals surface area contributed by atoms with Gasteiger partial charge in [0.25, 0.3) is 0 Å². The van der Waals surface area contributed by atoms with Gasteiger partial charge in [0.05, 0.1) is 6.10 Å². The van der Waals surface area contributed by atoms with Crippen LogP contribution in [0.5, 0.6) is 0 Å². The van der Waals surface area contributed by atoms with Gasteiger partial charge < -0.3 is 9.84 Å². The highest BCUT2D eigenvalue weighted by atomic mass is 16.5. The third-order valence-corrected chi connectivity index (χ3v) is 2.76. The fourth-order valence-electron chi connectivity index (χ4n) is 1.82. The molecule has 1 rings (SSSR count). The second-order valence-corrected chi connectivity index (χ2v) is 5.42. The molecule has 0 spiro atoms. The highest BCUT2D eigenvalue weighted by molar-refractivity contribution is 5.17. The Balaban J connectivity index is 2.91. The fourth-order valence-corrected chi connectivity index (χ4v) is 1.82. The summed E-state index contributed by atoms with van der Waals surface area (Å²) in [5.41, 5.74) is 1.65. The normalized spacial score (nSPS) is 15.6. The molecule has 2 atom stereocenters. The van der Waals surface area contributed by atoms with Crippen LogP contribution in [0.25, 0.3) is 0 Å². The Labute approximate surface area is 104 Å². The molecule has 0 bridgehead atoms. The van der Waals surface area contributed by atoms with Crippen LogP contribution in [0.15, 0.2) is 18.3 Å². The number of pyridine rings is 1. The smallest absolute Gasteiger partial charge is 0.107 e. The van der Waals surface area contributed by atoms with Gasteiger partial charge in [0, 0.05) is 24.1 Å². The van der Waals surface area contributed by atoms with Crippen molar-refractivity contribution in [2.75, 3.05) is 6.61 Å². The van der Waals surface area contributed by atoms with Gasteiger partial charge in [-0.25, -0.2) is 0 Å². The van der Waals surface area contributed by atoms with Crippen LogP contribution in [0.1, 0.15) is 45.1 Å². The van der Waals surface area contributed by atoms with Gasteiger partial charge in [-0.05, 0) is 25.3 Å². The summed E-state index contributed by atoms with van der Waals surface area (Å²) >= 11 is 0. The van der Waals surface area contributed by atoms with Gasteiger partial charge in [-0.3, -0.25) is 4.98 Å². The summed E-state index contributed by atoms with van der Waals surface area (Å²) in [5, 5.41) is 10.4. The van der Waals surface area contributed by atoms with Gasteiger partial charge in [-0.15, -0.1) is 0 Å². The van der Waals surface area contributed by atoms with E-state index >= 15 is 0 Å². The topological polar surface area (TPSA) is 42.4 Å². The number of aliphatic hydroxyl groups excluding tert-OH is 1. The van der Waals surface area contributed by atoms with Crippen LogP contribution < -0.4 is 0 Å². The molecule has 0 amide bonds. The minimum atomic E-state index is -0.636. The molecule has 0 aliphatic carbocycles. The molecule has 1 N–H and O–H groups in total. The largest absolute Gasteiger partial charge is 0.386 e. The van der Waals surface area contributed by atoms with Gasteiger partial charge >= 0.3 is 0 Å². The predicted octanol–water partition coefficient (Wildman–Crippen LogP) is 2.87. The first kappa shape index (κ1) is 14.1. The van der Waals surface area contributed by atoms with Crippen molar-refractivity contribution < 1.29 is 9.84 Å². The van der Waals surface area contributed by atoms with Crippen LogP contribution in [-0.4, -0.2) is 22.8 Å². The van der Waals surface area contributed by atoms with Crippen molar-refractivity contribution in [2.24, 2.45) is 5.41 Å². The first-order chi connectivity index (χ1) is 7.86. The fraction of sp³-hybridized carbons (Fsp3) is 0.643. The Morgan fingerprint density at radius 3 is 2.41 bits per heavy atom. The number of hydrogen-bond acceptors (Lipinski definition) is 3. The molecule has 0 aromatic carbocycles. The molecule has 0 saturated heterocycles. The van der Waals surface area contributed by atoms with E-state index < -0.39 is 6.10 Å². The van der Waals surface area contributed by atoms with Gasteiger partial charge in [0.15, 0.2) is 0 Å². The van der Waals surface area contributed by atoms with Crippen molar-refractivity contribution in [2.45, 2.75) is 46.8 Å². The van der Waals surface area contributed by atoms with E-state index in [1.807, 2.05) is 26.0 Å². The third-order valence-electron chi connectivity index (χ3n) is 2.76. The minimum Gasteiger partial charge on any atom is -0.386 e. The molecule has 1 heterocycles. The van der Waals surface area contributed by atoms with Crippen LogP contribution in [0.4, 0.5) is 0 Å². The maximum Gasteiger partial charge on any atom is 0.107 e. The summed E-state index contributed by atoms with van der Waals surface area (Å²) in [6.45, 7) is 10.7. The van der Waals surface area contributed by atoms with E-state index in [1.54, 1.807) is 6.20 Å². The molecular weight excluding hydrogens is 214 g/mol. The van der Waals surface area contributed by atoms with Crippen LogP contribution in [0.3, 0.4) is 0 Å². The molecule has 0 saturated carbocycles. The average Bonchev–Trinajstić information content (AvgIpc) is 2.24. The average molecular weight is 237 g/mol. The monoisotopic (exact) mass is 237 g/mol. The molecule has 0 aliphatic rings. The number of hydrogen-bond donors (Lipinski definition) is 1. The van der Waals surface area contributed by atoms with Gasteiger partial charge in [0.1, 0.15) is 6.10 Å². The molecule has 96 valence electrons. The number of aromatic nitrogens is 1. The lowest BCUT2D eigenvalue weighted by Crippen LogP contribution is -2.35. The van der Waals surface area contributed by atoms with Crippen LogP contribution in [-0.2, 0) is 4.74 Å². The minimum absolute atomic E-state index is 0.111. The van der Waals surface area contributed by atoms with Crippen LogP contribution in [0.2, 0.25) is 0 Å². The number of ether oxygens (including phenoxy) is 1. The maximum atomic E-state index is 10.4. The van der Waals surface area contributed by atoms with Crippen molar-refractivity contribution in [1.29, 1.82) is 0 Å². The van der Waals surface area contributed by atoms with E-state index in [-0.39, 0.29) is 11.5 Å². The Kier molecular flexibility index (Phi) is 4.66. The third kappa shape index (κ3) is 3.79. The summed E-state index contributed by atoms with van der Waals surface area (Å²) in [6, 6.07) is 3.81. The quantitative estimate of drug-likeness (QED) is 0.875. The lowest BCUT2D eigenvalue weighted by molar-refractivity contribution is -0.0899. The first-order valence-corrected chi connectivity index (χ1v) is 6.08. The van der Waals surface area contributed by atoms with Crippen molar-refractivity contribution in [3.8, 4) is 0 Å². The van der Waals surface area contributed by atoms with E-state index in [0.29, 0.717) is 6.61 Å². The standard InChI is InChI=1S/C14H23NO2/c1-6-17-13(14(3,4)5)12(16)11-8-7-10(2)15-9-11/h7-9,12-13,16H,6H2,1-5H3. The van der Waals surface area contributed by atoms with Gasteiger partial charge in [0.2, 0.25) is 0 Å². The van der Waals surface area contributed by atoms with Gasteiger partial charge in [-0.1, -0.05) is 26.8 Å². The van der Waals surface area contributed by atoms with Gasteiger partial charge in [-0.2, -0.15) is 0 Å². The Morgan fingerprint density at radius 1 is 1.35 bits per heavy atom. The Bertz CT molecular complexity index is 340. The maximum absolute atomic E-state index is 10.4. The van der Waals surface area contributed by atoms with Crippen molar-refractivity contribution in [3.63, 3.8) is 0 Å². The van der Waals surface area contributed by atoms with Crippen molar-refractivity contribution >= 4 is 0 Å². The number of nitrogens with zero attached hydrogens (tertiary/aromatic N) is 1. The summed E-state index contributed by atoms with van der Waals surface area (Å²) < 4.78 is 5.68. The summed E-state index contributed by atoms with van der Waals surface area (Å²) in [6.07, 6.45) is 0.859. The van der Waals surface area contributed by atoms with Crippen molar-refractivity contribution in [1.82, 2.24) is 4.98 Å². The molecule has 3 heteroatoms. The highest BCUT2D eigenvalue weighted by Gasteiger charge is 2.32. The molecule has 0 fully saturated rings. The summed E-state index contributed by atoms with van der Waals surface area (Å²) in [5.74, 6) is 0. The SMILES string of the molecule is CCOC(C(O)c1ccc(C)nc1)C(C)(C)C. The second-order valence-electron chi connectivity index (χ2n) is 5.42. The first-order valence-electron chi connectivity index (χ1n) is 6.08. The summed E-state index contributed by atoms with van der Waals surface area (Å²) in [4.78, 5) is 4.21. The predicted molar refractivity (Wildman–Crippen MR) is 68.8 cm³/mol. The molecule has 1 aromatic heterocycles. The van der Waals surface area contributed by atoms with E-state index in [0.717, 1.165) is 11.3 Å². The zero-order valence-corrected chi connectivity index (χ0v) is 11.4. The molecule has 0 aliphatic heterocycles. The molecule has 3 nitrogen and oxygen atoms in total. The number of aliphatic hydroxyl groups is 1.